The number of rotatable bonds is 4. The van der Waals surface area contributed by atoms with E-state index in [1.807, 2.05) is 52.0 Å². The van der Waals surface area contributed by atoms with Crippen molar-refractivity contribution in [1.29, 1.82) is 0 Å². The van der Waals surface area contributed by atoms with Crippen LogP contribution in [-0.2, 0) is 9.16 Å². The van der Waals surface area contributed by atoms with Crippen molar-refractivity contribution in [3.8, 4) is 0 Å². The molecule has 0 heterocycles. The Morgan fingerprint density at radius 1 is 1.21 bits per heavy atom. The van der Waals surface area contributed by atoms with E-state index in [0.29, 0.717) is 12.2 Å². The van der Waals surface area contributed by atoms with E-state index in [1.54, 1.807) is 0 Å². The lowest BCUT2D eigenvalue weighted by molar-refractivity contribution is 0.0526. The standard InChI is InChI=1S/C15H24O3Si/c1-7-17-14(16)12-10-8-9-11-13(12)19(5,6)18-15(2,3)4/h8-11H,7H2,1-6H3. The lowest BCUT2D eigenvalue weighted by Crippen LogP contribution is -2.51. The number of carbonyl (C=O) groups is 1. The maximum Gasteiger partial charge on any atom is 0.338 e. The molecule has 0 aliphatic rings. The number of carbonyl (C=O) groups excluding carboxylic acids is 1. The van der Waals surface area contributed by atoms with Crippen LogP contribution < -0.4 is 5.19 Å². The van der Waals surface area contributed by atoms with Gasteiger partial charge in [0.15, 0.2) is 0 Å². The summed E-state index contributed by atoms with van der Waals surface area (Å²) in [6.07, 6.45) is 0. The van der Waals surface area contributed by atoms with Crippen molar-refractivity contribution < 1.29 is 14.0 Å². The van der Waals surface area contributed by atoms with E-state index in [1.165, 1.54) is 0 Å². The fourth-order valence-electron chi connectivity index (χ4n) is 2.22. The fraction of sp³-hybridized carbons (Fsp3) is 0.533. The molecule has 19 heavy (non-hydrogen) atoms. The molecule has 0 atom stereocenters. The van der Waals surface area contributed by atoms with Crippen LogP contribution in [0, 0.1) is 0 Å². The van der Waals surface area contributed by atoms with Crippen molar-refractivity contribution >= 4 is 19.5 Å². The Morgan fingerprint density at radius 3 is 2.32 bits per heavy atom. The van der Waals surface area contributed by atoms with Crippen molar-refractivity contribution in [3.63, 3.8) is 0 Å². The number of hydrogen-bond donors (Lipinski definition) is 0. The molecule has 0 amide bonds. The van der Waals surface area contributed by atoms with E-state index < -0.39 is 8.32 Å². The number of benzene rings is 1. The Morgan fingerprint density at radius 2 is 1.79 bits per heavy atom. The van der Waals surface area contributed by atoms with Gasteiger partial charge in [-0.25, -0.2) is 4.79 Å². The van der Waals surface area contributed by atoms with E-state index in [2.05, 4.69) is 13.1 Å². The van der Waals surface area contributed by atoms with Crippen molar-refractivity contribution in [1.82, 2.24) is 0 Å². The van der Waals surface area contributed by atoms with Crippen LogP contribution in [0.1, 0.15) is 38.1 Å². The highest BCUT2D eigenvalue weighted by molar-refractivity contribution is 6.85. The summed E-state index contributed by atoms with van der Waals surface area (Å²) in [5.74, 6) is -0.267. The molecule has 0 aromatic heterocycles. The Bertz CT molecular complexity index is 447. The van der Waals surface area contributed by atoms with Gasteiger partial charge in [-0.1, -0.05) is 18.2 Å². The molecule has 1 aromatic carbocycles. The molecular weight excluding hydrogens is 256 g/mol. The first kappa shape index (κ1) is 15.9. The Hall–Kier alpha value is -1.13. The van der Waals surface area contributed by atoms with Crippen molar-refractivity contribution in [2.75, 3.05) is 6.61 Å². The van der Waals surface area contributed by atoms with Crippen LogP contribution in [0.25, 0.3) is 0 Å². The first-order chi connectivity index (χ1) is 8.67. The summed E-state index contributed by atoms with van der Waals surface area (Å²) >= 11 is 0. The molecule has 0 N–H and O–H groups in total. The minimum Gasteiger partial charge on any atom is -0.462 e. The van der Waals surface area contributed by atoms with Crippen LogP contribution in [0.3, 0.4) is 0 Å². The van der Waals surface area contributed by atoms with Crippen LogP contribution in [0.15, 0.2) is 24.3 Å². The molecule has 0 aliphatic carbocycles. The fourth-order valence-corrected chi connectivity index (χ4v) is 5.19. The molecule has 0 aliphatic heterocycles. The quantitative estimate of drug-likeness (QED) is 0.628. The Balaban J connectivity index is 3.16. The summed E-state index contributed by atoms with van der Waals surface area (Å²) < 4.78 is 11.3. The van der Waals surface area contributed by atoms with Crippen LogP contribution >= 0.6 is 0 Å². The zero-order chi connectivity index (χ0) is 14.7. The first-order valence-corrected chi connectivity index (χ1v) is 9.55. The average molecular weight is 280 g/mol. The average Bonchev–Trinajstić information content (AvgIpc) is 2.26. The SMILES string of the molecule is CCOC(=O)c1ccccc1[Si](C)(C)OC(C)(C)C. The number of ether oxygens (including phenoxy) is 1. The van der Waals surface area contributed by atoms with E-state index in [4.69, 9.17) is 9.16 Å². The van der Waals surface area contributed by atoms with Crippen LogP contribution in [0.5, 0.6) is 0 Å². The van der Waals surface area contributed by atoms with Gasteiger partial charge < -0.3 is 9.16 Å². The predicted molar refractivity (Wildman–Crippen MR) is 80.4 cm³/mol. The molecule has 0 unspecified atom stereocenters. The van der Waals surface area contributed by atoms with Gasteiger partial charge in [-0.05, 0) is 52.0 Å². The summed E-state index contributed by atoms with van der Waals surface area (Å²) in [5.41, 5.74) is 0.405. The van der Waals surface area contributed by atoms with E-state index in [9.17, 15) is 4.79 Å². The van der Waals surface area contributed by atoms with Gasteiger partial charge in [0.25, 0.3) is 0 Å². The normalized spacial score (nSPS) is 12.3. The third-order valence-electron chi connectivity index (χ3n) is 2.63. The summed E-state index contributed by atoms with van der Waals surface area (Å²) in [5, 5.41) is 0.989. The number of hydrogen-bond acceptors (Lipinski definition) is 3. The molecular formula is C15H24O3Si. The number of esters is 1. The summed E-state index contributed by atoms with van der Waals surface area (Å²) in [7, 11) is -2.15. The molecule has 0 saturated heterocycles. The molecule has 0 saturated carbocycles. The summed E-state index contributed by atoms with van der Waals surface area (Å²) in [4.78, 5) is 12.0. The highest BCUT2D eigenvalue weighted by Crippen LogP contribution is 2.18. The first-order valence-electron chi connectivity index (χ1n) is 6.64. The minimum atomic E-state index is -2.15. The molecule has 0 fully saturated rings. The molecule has 4 heteroatoms. The molecule has 106 valence electrons. The zero-order valence-electron chi connectivity index (χ0n) is 12.7. The Kier molecular flexibility index (Phi) is 4.93. The van der Waals surface area contributed by atoms with Crippen molar-refractivity contribution in [2.45, 2.75) is 46.4 Å². The molecule has 1 rings (SSSR count). The summed E-state index contributed by atoms with van der Waals surface area (Å²) in [6, 6.07) is 7.59. The van der Waals surface area contributed by atoms with Crippen molar-refractivity contribution in [3.05, 3.63) is 29.8 Å². The van der Waals surface area contributed by atoms with Gasteiger partial charge in [-0.3, -0.25) is 0 Å². The highest BCUT2D eigenvalue weighted by Gasteiger charge is 2.34. The maximum atomic E-state index is 12.0. The topological polar surface area (TPSA) is 35.5 Å². The smallest absolute Gasteiger partial charge is 0.338 e. The van der Waals surface area contributed by atoms with E-state index >= 15 is 0 Å². The zero-order valence-corrected chi connectivity index (χ0v) is 13.7. The predicted octanol–water partition coefficient (Wildman–Crippen LogP) is 3.09. The van der Waals surface area contributed by atoms with Crippen LogP contribution in [0.4, 0.5) is 0 Å². The minimum absolute atomic E-state index is 0.225. The molecule has 0 bridgehead atoms. The third kappa shape index (κ3) is 4.47. The largest absolute Gasteiger partial charge is 0.462 e. The van der Waals surface area contributed by atoms with Gasteiger partial charge in [-0.2, -0.15) is 0 Å². The Labute approximate surface area is 117 Å². The molecule has 0 spiro atoms. The lowest BCUT2D eigenvalue weighted by Gasteiger charge is -2.33. The monoisotopic (exact) mass is 280 g/mol. The molecule has 1 aromatic rings. The van der Waals surface area contributed by atoms with Crippen LogP contribution in [-0.4, -0.2) is 26.5 Å². The molecule has 0 radical (unpaired) electrons. The van der Waals surface area contributed by atoms with Gasteiger partial charge in [0.1, 0.15) is 0 Å². The summed E-state index contributed by atoms with van der Waals surface area (Å²) in [6.45, 7) is 12.5. The van der Waals surface area contributed by atoms with E-state index in [0.717, 1.165) is 5.19 Å². The second-order valence-electron chi connectivity index (χ2n) is 5.99. The van der Waals surface area contributed by atoms with Crippen LogP contribution in [0.2, 0.25) is 13.1 Å². The van der Waals surface area contributed by atoms with Gasteiger partial charge in [0, 0.05) is 5.60 Å². The van der Waals surface area contributed by atoms with Gasteiger partial charge in [-0.15, -0.1) is 0 Å². The van der Waals surface area contributed by atoms with Crippen molar-refractivity contribution in [2.24, 2.45) is 0 Å². The molecule has 3 nitrogen and oxygen atoms in total. The van der Waals surface area contributed by atoms with Gasteiger partial charge in [0.05, 0.1) is 12.2 Å². The second kappa shape index (κ2) is 5.88. The van der Waals surface area contributed by atoms with E-state index in [-0.39, 0.29) is 11.6 Å². The highest BCUT2D eigenvalue weighted by atomic mass is 28.4. The second-order valence-corrected chi connectivity index (χ2v) is 9.75. The maximum absolute atomic E-state index is 12.0. The van der Waals surface area contributed by atoms with Gasteiger partial charge in [0.2, 0.25) is 8.32 Å². The third-order valence-corrected chi connectivity index (χ3v) is 5.49. The lowest BCUT2D eigenvalue weighted by atomic mass is 10.2. The van der Waals surface area contributed by atoms with Gasteiger partial charge >= 0.3 is 5.97 Å².